The van der Waals surface area contributed by atoms with Crippen LogP contribution in [0.2, 0.25) is 0 Å². The molecule has 0 saturated heterocycles. The van der Waals surface area contributed by atoms with Crippen molar-refractivity contribution in [1.29, 1.82) is 0 Å². The van der Waals surface area contributed by atoms with Crippen molar-refractivity contribution in [3.63, 3.8) is 0 Å². The van der Waals surface area contributed by atoms with Gasteiger partial charge in [0.05, 0.1) is 5.75 Å². The van der Waals surface area contributed by atoms with Gasteiger partial charge in [-0.1, -0.05) is 12.1 Å². The van der Waals surface area contributed by atoms with Gasteiger partial charge in [-0.05, 0) is 30.5 Å². The summed E-state index contributed by atoms with van der Waals surface area (Å²) in [5.74, 6) is 0.0716. The van der Waals surface area contributed by atoms with Crippen LogP contribution < -0.4 is 10.5 Å². The molecule has 102 valence electrons. The number of nitrogens with two attached hydrogens (primary N) is 1. The number of nitrogens with one attached hydrogen (secondary N) is 1. The lowest BCUT2D eigenvalue weighted by molar-refractivity contribution is 0.199. The first-order valence-corrected chi connectivity index (χ1v) is 7.42. The summed E-state index contributed by atoms with van der Waals surface area (Å²) in [6.45, 7) is 2.59. The van der Waals surface area contributed by atoms with Gasteiger partial charge in [-0.3, -0.25) is 0 Å². The van der Waals surface area contributed by atoms with Gasteiger partial charge in [0.15, 0.2) is 0 Å². The zero-order chi connectivity index (χ0) is 13.6. The van der Waals surface area contributed by atoms with Crippen LogP contribution in [-0.4, -0.2) is 27.9 Å². The second-order valence-electron chi connectivity index (χ2n) is 4.12. The fourth-order valence-electron chi connectivity index (χ4n) is 1.55. The summed E-state index contributed by atoms with van der Waals surface area (Å²) in [7, 11) is -1.70. The summed E-state index contributed by atoms with van der Waals surface area (Å²) in [5.41, 5.74) is 8.24. The van der Waals surface area contributed by atoms with Crippen molar-refractivity contribution in [1.82, 2.24) is 4.72 Å². The predicted octanol–water partition coefficient (Wildman–Crippen LogP) is 1.03. The Labute approximate surface area is 108 Å². The third-order valence-corrected chi connectivity index (χ3v) is 4.14. The van der Waals surface area contributed by atoms with E-state index in [2.05, 4.69) is 4.72 Å². The lowest BCUT2D eigenvalue weighted by atomic mass is 10.1. The topological polar surface area (TPSA) is 81.4 Å². The second kappa shape index (κ2) is 6.72. The molecule has 5 nitrogen and oxygen atoms in total. The molecular weight excluding hydrogens is 252 g/mol. The highest BCUT2D eigenvalue weighted by Gasteiger charge is 2.10. The highest BCUT2D eigenvalue weighted by Crippen LogP contribution is 2.15. The molecular formula is C12H20N2O3S. The van der Waals surface area contributed by atoms with E-state index < -0.39 is 10.0 Å². The SMILES string of the molecule is COCCCS(=O)(=O)NCc1cccc(N)c1C. The van der Waals surface area contributed by atoms with E-state index in [-0.39, 0.29) is 12.3 Å². The Balaban J connectivity index is 2.56. The van der Waals surface area contributed by atoms with Crippen LogP contribution >= 0.6 is 0 Å². The number of methoxy groups -OCH3 is 1. The fourth-order valence-corrected chi connectivity index (χ4v) is 2.57. The first kappa shape index (κ1) is 14.9. The van der Waals surface area contributed by atoms with E-state index in [0.717, 1.165) is 11.1 Å². The number of nitrogen functional groups attached to an aromatic ring is 1. The molecule has 0 unspecified atom stereocenters. The first-order chi connectivity index (χ1) is 8.46. The van der Waals surface area contributed by atoms with Crippen LogP contribution in [-0.2, 0) is 21.3 Å². The molecule has 3 N–H and O–H groups in total. The van der Waals surface area contributed by atoms with E-state index >= 15 is 0 Å². The van der Waals surface area contributed by atoms with Crippen LogP contribution in [0, 0.1) is 6.92 Å². The molecule has 1 rings (SSSR count). The Bertz CT molecular complexity index is 486. The number of sulfonamides is 1. The van der Waals surface area contributed by atoms with Gasteiger partial charge >= 0.3 is 0 Å². The number of hydrogen-bond acceptors (Lipinski definition) is 4. The van der Waals surface area contributed by atoms with Crippen LogP contribution in [0.15, 0.2) is 18.2 Å². The lowest BCUT2D eigenvalue weighted by Gasteiger charge is -2.10. The van der Waals surface area contributed by atoms with Gasteiger partial charge in [-0.15, -0.1) is 0 Å². The quantitative estimate of drug-likeness (QED) is 0.574. The number of ether oxygens (including phenoxy) is 1. The predicted molar refractivity (Wildman–Crippen MR) is 72.7 cm³/mol. The van der Waals surface area contributed by atoms with E-state index in [1.807, 2.05) is 19.1 Å². The Morgan fingerprint density at radius 2 is 2.11 bits per heavy atom. The van der Waals surface area contributed by atoms with Crippen molar-refractivity contribution < 1.29 is 13.2 Å². The Morgan fingerprint density at radius 3 is 2.78 bits per heavy atom. The van der Waals surface area contributed by atoms with Crippen molar-refractivity contribution in [3.8, 4) is 0 Å². The molecule has 0 heterocycles. The van der Waals surface area contributed by atoms with Gasteiger partial charge in [0.25, 0.3) is 0 Å². The Kier molecular flexibility index (Phi) is 5.58. The molecule has 18 heavy (non-hydrogen) atoms. The summed E-state index contributed by atoms with van der Waals surface area (Å²) in [6, 6.07) is 5.48. The first-order valence-electron chi connectivity index (χ1n) is 5.76. The zero-order valence-corrected chi connectivity index (χ0v) is 11.6. The highest BCUT2D eigenvalue weighted by atomic mass is 32.2. The van der Waals surface area contributed by atoms with Crippen LogP contribution in [0.5, 0.6) is 0 Å². The van der Waals surface area contributed by atoms with Crippen molar-refractivity contribution in [2.24, 2.45) is 0 Å². The average Bonchev–Trinajstić information content (AvgIpc) is 2.31. The third-order valence-electron chi connectivity index (χ3n) is 2.73. The lowest BCUT2D eigenvalue weighted by Crippen LogP contribution is -2.26. The molecule has 0 saturated carbocycles. The second-order valence-corrected chi connectivity index (χ2v) is 6.04. The highest BCUT2D eigenvalue weighted by molar-refractivity contribution is 7.89. The van der Waals surface area contributed by atoms with Crippen LogP contribution in [0.4, 0.5) is 5.69 Å². The molecule has 0 aromatic heterocycles. The summed E-state index contributed by atoms with van der Waals surface area (Å²) in [4.78, 5) is 0. The number of anilines is 1. The van der Waals surface area contributed by atoms with Crippen molar-refractivity contribution in [2.45, 2.75) is 19.9 Å². The summed E-state index contributed by atoms with van der Waals surface area (Å²) in [5, 5.41) is 0. The van der Waals surface area contributed by atoms with Crippen LogP contribution in [0.25, 0.3) is 0 Å². The summed E-state index contributed by atoms with van der Waals surface area (Å²) >= 11 is 0. The monoisotopic (exact) mass is 272 g/mol. The number of benzene rings is 1. The minimum absolute atomic E-state index is 0.0716. The number of rotatable bonds is 7. The largest absolute Gasteiger partial charge is 0.399 e. The minimum atomic E-state index is -3.25. The minimum Gasteiger partial charge on any atom is -0.399 e. The van der Waals surface area contributed by atoms with E-state index in [1.165, 1.54) is 0 Å². The van der Waals surface area contributed by atoms with Gasteiger partial charge < -0.3 is 10.5 Å². The maximum Gasteiger partial charge on any atom is 0.211 e. The molecule has 0 radical (unpaired) electrons. The van der Waals surface area contributed by atoms with Crippen LogP contribution in [0.1, 0.15) is 17.5 Å². The molecule has 0 atom stereocenters. The van der Waals surface area contributed by atoms with Gasteiger partial charge in [0.1, 0.15) is 0 Å². The smallest absolute Gasteiger partial charge is 0.211 e. The summed E-state index contributed by atoms with van der Waals surface area (Å²) < 4.78 is 30.7. The summed E-state index contributed by atoms with van der Waals surface area (Å²) in [6.07, 6.45) is 0.488. The molecule has 1 aromatic rings. The number of hydrogen-bond donors (Lipinski definition) is 2. The molecule has 0 amide bonds. The third kappa shape index (κ3) is 4.64. The molecule has 0 spiro atoms. The van der Waals surface area contributed by atoms with Gasteiger partial charge in [0, 0.05) is 25.9 Å². The van der Waals surface area contributed by atoms with Crippen molar-refractivity contribution in [3.05, 3.63) is 29.3 Å². The van der Waals surface area contributed by atoms with Gasteiger partial charge in [-0.25, -0.2) is 13.1 Å². The van der Waals surface area contributed by atoms with Crippen molar-refractivity contribution in [2.75, 3.05) is 25.2 Å². The van der Waals surface area contributed by atoms with Crippen LogP contribution in [0.3, 0.4) is 0 Å². The maximum atomic E-state index is 11.7. The molecule has 6 heteroatoms. The zero-order valence-electron chi connectivity index (χ0n) is 10.8. The van der Waals surface area contributed by atoms with Crippen molar-refractivity contribution >= 4 is 15.7 Å². The Morgan fingerprint density at radius 1 is 1.39 bits per heavy atom. The van der Waals surface area contributed by atoms with E-state index in [0.29, 0.717) is 18.7 Å². The molecule has 0 aliphatic heterocycles. The maximum absolute atomic E-state index is 11.7. The fraction of sp³-hybridized carbons (Fsp3) is 0.500. The Hall–Kier alpha value is -1.11. The van der Waals surface area contributed by atoms with Gasteiger partial charge in [0.2, 0.25) is 10.0 Å². The molecule has 1 aromatic carbocycles. The van der Waals surface area contributed by atoms with E-state index in [4.69, 9.17) is 10.5 Å². The standard InChI is InChI=1S/C12H20N2O3S/c1-10-11(5-3-6-12(10)13)9-14-18(15,16)8-4-7-17-2/h3,5-6,14H,4,7-9,13H2,1-2H3. The molecule has 0 bridgehead atoms. The molecule has 0 fully saturated rings. The van der Waals surface area contributed by atoms with E-state index in [9.17, 15) is 8.42 Å². The van der Waals surface area contributed by atoms with E-state index in [1.54, 1.807) is 13.2 Å². The molecule has 0 aliphatic rings. The van der Waals surface area contributed by atoms with Gasteiger partial charge in [-0.2, -0.15) is 0 Å². The normalized spacial score (nSPS) is 11.7. The molecule has 0 aliphatic carbocycles. The average molecular weight is 272 g/mol.